The van der Waals surface area contributed by atoms with Gasteiger partial charge >= 0.3 is 0 Å². The molecule has 0 amide bonds. The van der Waals surface area contributed by atoms with Crippen molar-refractivity contribution < 1.29 is 0 Å². The average molecular weight is 257 g/mol. The largest absolute Gasteiger partial charge is 0.338 e. The molecule has 3 nitrogen and oxygen atoms in total. The van der Waals surface area contributed by atoms with Gasteiger partial charge in [-0.2, -0.15) is 0 Å². The fourth-order valence-electron chi connectivity index (χ4n) is 2.37. The summed E-state index contributed by atoms with van der Waals surface area (Å²) in [5.41, 5.74) is 2.75. The lowest BCUT2D eigenvalue weighted by molar-refractivity contribution is 0.536. The summed E-state index contributed by atoms with van der Waals surface area (Å²) >= 11 is 0. The molecule has 1 aromatic heterocycles. The number of imidazole rings is 1. The van der Waals surface area contributed by atoms with E-state index in [1.165, 1.54) is 11.1 Å². The van der Waals surface area contributed by atoms with Crippen molar-refractivity contribution in [3.05, 3.63) is 53.6 Å². The molecule has 0 aliphatic heterocycles. The lowest BCUT2D eigenvalue weighted by atomic mass is 10.00. The van der Waals surface area contributed by atoms with E-state index in [-0.39, 0.29) is 0 Å². The molecule has 1 heterocycles. The highest BCUT2D eigenvalue weighted by molar-refractivity contribution is 5.25. The molecule has 2 aromatic rings. The second-order valence-electron chi connectivity index (χ2n) is 4.93. The lowest BCUT2D eigenvalue weighted by Crippen LogP contribution is -2.17. The third kappa shape index (κ3) is 3.44. The van der Waals surface area contributed by atoms with Crippen molar-refractivity contribution in [3.63, 3.8) is 0 Å². The minimum Gasteiger partial charge on any atom is -0.338 e. The number of rotatable bonds is 6. The third-order valence-corrected chi connectivity index (χ3v) is 3.72. The van der Waals surface area contributed by atoms with E-state index in [9.17, 15) is 0 Å². The normalized spacial score (nSPS) is 12.6. The Morgan fingerprint density at radius 3 is 2.53 bits per heavy atom. The molecule has 102 valence electrons. The second-order valence-corrected chi connectivity index (χ2v) is 4.93. The minimum absolute atomic E-state index is 0.391. The summed E-state index contributed by atoms with van der Waals surface area (Å²) in [4.78, 5) is 4.38. The molecule has 1 unspecified atom stereocenters. The van der Waals surface area contributed by atoms with Gasteiger partial charge in [0.15, 0.2) is 0 Å². The molecule has 3 heteroatoms. The van der Waals surface area contributed by atoms with E-state index >= 15 is 0 Å². The van der Waals surface area contributed by atoms with Crippen LogP contribution in [0, 0.1) is 0 Å². The van der Waals surface area contributed by atoms with Gasteiger partial charge in [-0.05, 0) is 31.0 Å². The van der Waals surface area contributed by atoms with Crippen molar-refractivity contribution in [1.29, 1.82) is 0 Å². The molecule has 2 rings (SSSR count). The molecule has 0 aliphatic carbocycles. The van der Waals surface area contributed by atoms with Gasteiger partial charge in [0, 0.05) is 31.9 Å². The first-order valence-corrected chi connectivity index (χ1v) is 6.97. The quantitative estimate of drug-likeness (QED) is 0.862. The van der Waals surface area contributed by atoms with Crippen LogP contribution in [0.4, 0.5) is 0 Å². The maximum Gasteiger partial charge on any atom is 0.108 e. The Morgan fingerprint density at radius 2 is 2.00 bits per heavy atom. The van der Waals surface area contributed by atoms with Crippen LogP contribution in [0.1, 0.15) is 36.3 Å². The summed E-state index contributed by atoms with van der Waals surface area (Å²) in [5.74, 6) is 1.14. The average Bonchev–Trinajstić information content (AvgIpc) is 2.86. The SMILES string of the molecule is CCc1ccc(C(CCc2nccn2C)NC)cc1. The van der Waals surface area contributed by atoms with Gasteiger partial charge in [-0.15, -0.1) is 0 Å². The van der Waals surface area contributed by atoms with E-state index in [0.29, 0.717) is 6.04 Å². The predicted molar refractivity (Wildman–Crippen MR) is 79.1 cm³/mol. The number of aryl methyl sites for hydroxylation is 3. The van der Waals surface area contributed by atoms with E-state index < -0.39 is 0 Å². The van der Waals surface area contributed by atoms with Crippen LogP contribution in [-0.4, -0.2) is 16.6 Å². The van der Waals surface area contributed by atoms with Crippen LogP contribution in [0.2, 0.25) is 0 Å². The Morgan fingerprint density at radius 1 is 1.26 bits per heavy atom. The van der Waals surface area contributed by atoms with Crippen LogP contribution in [0.15, 0.2) is 36.7 Å². The van der Waals surface area contributed by atoms with E-state index in [0.717, 1.165) is 25.1 Å². The number of hydrogen-bond acceptors (Lipinski definition) is 2. The van der Waals surface area contributed by atoms with Crippen LogP contribution in [-0.2, 0) is 19.9 Å². The van der Waals surface area contributed by atoms with Crippen LogP contribution in [0.5, 0.6) is 0 Å². The van der Waals surface area contributed by atoms with Crippen molar-refractivity contribution in [2.45, 2.75) is 32.2 Å². The van der Waals surface area contributed by atoms with Gasteiger partial charge in [-0.3, -0.25) is 0 Å². The zero-order valence-corrected chi connectivity index (χ0v) is 12.1. The summed E-state index contributed by atoms with van der Waals surface area (Å²) in [6, 6.07) is 9.31. The smallest absolute Gasteiger partial charge is 0.108 e. The maximum absolute atomic E-state index is 4.38. The summed E-state index contributed by atoms with van der Waals surface area (Å²) < 4.78 is 2.09. The number of nitrogens with zero attached hydrogens (tertiary/aromatic N) is 2. The molecule has 1 N–H and O–H groups in total. The van der Waals surface area contributed by atoms with E-state index in [2.05, 4.69) is 46.1 Å². The topological polar surface area (TPSA) is 29.9 Å². The predicted octanol–water partition coefficient (Wildman–Crippen LogP) is 2.88. The summed E-state index contributed by atoms with van der Waals surface area (Å²) in [5, 5.41) is 3.40. The fraction of sp³-hybridized carbons (Fsp3) is 0.438. The molecule has 0 radical (unpaired) electrons. The van der Waals surface area contributed by atoms with E-state index in [4.69, 9.17) is 0 Å². The first kappa shape index (κ1) is 13.8. The monoisotopic (exact) mass is 257 g/mol. The molecular formula is C16H23N3. The van der Waals surface area contributed by atoms with Gasteiger partial charge in [-0.1, -0.05) is 31.2 Å². The Bertz CT molecular complexity index is 499. The number of nitrogens with one attached hydrogen (secondary N) is 1. The zero-order chi connectivity index (χ0) is 13.7. The Labute approximate surface area is 115 Å². The Hall–Kier alpha value is -1.61. The van der Waals surface area contributed by atoms with E-state index in [1.54, 1.807) is 0 Å². The van der Waals surface area contributed by atoms with Crippen molar-refractivity contribution >= 4 is 0 Å². The molecule has 19 heavy (non-hydrogen) atoms. The van der Waals surface area contributed by atoms with Crippen molar-refractivity contribution in [3.8, 4) is 0 Å². The molecular weight excluding hydrogens is 234 g/mol. The van der Waals surface area contributed by atoms with Crippen molar-refractivity contribution in [2.24, 2.45) is 7.05 Å². The van der Waals surface area contributed by atoms with Gasteiger partial charge in [-0.25, -0.2) is 4.98 Å². The number of benzene rings is 1. The van der Waals surface area contributed by atoms with Gasteiger partial charge < -0.3 is 9.88 Å². The Kier molecular flexibility index (Phi) is 4.74. The molecule has 0 aliphatic rings. The molecule has 0 saturated heterocycles. The second kappa shape index (κ2) is 6.53. The lowest BCUT2D eigenvalue weighted by Gasteiger charge is -2.17. The first-order chi connectivity index (χ1) is 9.24. The fourth-order valence-corrected chi connectivity index (χ4v) is 2.37. The van der Waals surface area contributed by atoms with Crippen LogP contribution in [0.25, 0.3) is 0 Å². The maximum atomic E-state index is 4.38. The first-order valence-electron chi connectivity index (χ1n) is 6.97. The van der Waals surface area contributed by atoms with Crippen LogP contribution in [0.3, 0.4) is 0 Å². The molecule has 0 bridgehead atoms. The highest BCUT2D eigenvalue weighted by Crippen LogP contribution is 2.19. The highest BCUT2D eigenvalue weighted by atomic mass is 15.0. The summed E-state index contributed by atoms with van der Waals surface area (Å²) in [6.45, 7) is 2.19. The summed E-state index contributed by atoms with van der Waals surface area (Å²) in [7, 11) is 4.07. The van der Waals surface area contributed by atoms with Crippen LogP contribution >= 0.6 is 0 Å². The third-order valence-electron chi connectivity index (χ3n) is 3.72. The van der Waals surface area contributed by atoms with Gasteiger partial charge in [0.05, 0.1) is 0 Å². The van der Waals surface area contributed by atoms with Gasteiger partial charge in [0.2, 0.25) is 0 Å². The van der Waals surface area contributed by atoms with Crippen LogP contribution < -0.4 is 5.32 Å². The summed E-state index contributed by atoms with van der Waals surface area (Å²) in [6.07, 6.45) is 7.01. The number of hydrogen-bond donors (Lipinski definition) is 1. The minimum atomic E-state index is 0.391. The zero-order valence-electron chi connectivity index (χ0n) is 12.1. The Balaban J connectivity index is 2.01. The molecule has 0 saturated carbocycles. The van der Waals surface area contributed by atoms with Crippen molar-refractivity contribution in [2.75, 3.05) is 7.05 Å². The molecule has 0 spiro atoms. The molecule has 1 aromatic carbocycles. The molecule has 1 atom stereocenters. The molecule has 0 fully saturated rings. The van der Waals surface area contributed by atoms with Gasteiger partial charge in [0.1, 0.15) is 5.82 Å². The van der Waals surface area contributed by atoms with Gasteiger partial charge in [0.25, 0.3) is 0 Å². The van der Waals surface area contributed by atoms with Crippen molar-refractivity contribution in [1.82, 2.24) is 14.9 Å². The standard InChI is InChI=1S/C16H23N3/c1-4-13-5-7-14(8-6-13)15(17-2)9-10-16-18-11-12-19(16)3/h5-8,11-12,15,17H,4,9-10H2,1-3H3. The van der Waals surface area contributed by atoms with E-state index in [1.807, 2.05) is 26.5 Å². The number of aromatic nitrogens is 2. The highest BCUT2D eigenvalue weighted by Gasteiger charge is 2.10.